The molecule has 1 aliphatic rings. The van der Waals surface area contributed by atoms with E-state index in [4.69, 9.17) is 27.9 Å². The Morgan fingerprint density at radius 1 is 1.17 bits per heavy atom. The Bertz CT molecular complexity index is 1010. The highest BCUT2D eigenvalue weighted by atomic mass is 35.5. The highest BCUT2D eigenvalue weighted by molar-refractivity contribution is 6.42. The summed E-state index contributed by atoms with van der Waals surface area (Å²) < 4.78 is 32.5. The second-order valence-corrected chi connectivity index (χ2v) is 7.98. The van der Waals surface area contributed by atoms with Gasteiger partial charge in [-0.25, -0.2) is 13.8 Å². The van der Waals surface area contributed by atoms with E-state index in [1.54, 1.807) is 6.07 Å². The molecule has 0 bridgehead atoms. The second kappa shape index (κ2) is 8.00. The Kier molecular flexibility index (Phi) is 5.58. The molecule has 1 N–H and O–H groups in total. The van der Waals surface area contributed by atoms with Crippen LogP contribution in [0.2, 0.25) is 10.0 Å². The van der Waals surface area contributed by atoms with Crippen molar-refractivity contribution in [1.29, 1.82) is 0 Å². The summed E-state index contributed by atoms with van der Waals surface area (Å²) in [5.74, 6) is -1.05. The minimum atomic E-state index is -2.63. The lowest BCUT2D eigenvalue weighted by atomic mass is 10.1. The molecular formula is C21H21Cl2F2N3O. The van der Waals surface area contributed by atoms with Gasteiger partial charge in [0.1, 0.15) is 11.6 Å². The van der Waals surface area contributed by atoms with Crippen molar-refractivity contribution in [3.63, 3.8) is 0 Å². The molecule has 3 aromatic rings. The van der Waals surface area contributed by atoms with Gasteiger partial charge in [0, 0.05) is 32.4 Å². The van der Waals surface area contributed by atoms with Gasteiger partial charge in [-0.1, -0.05) is 35.3 Å². The van der Waals surface area contributed by atoms with Crippen molar-refractivity contribution in [2.24, 2.45) is 0 Å². The van der Waals surface area contributed by atoms with Gasteiger partial charge in [0.25, 0.3) is 5.92 Å². The number of benzene rings is 2. The average molecular weight is 440 g/mol. The van der Waals surface area contributed by atoms with Crippen molar-refractivity contribution < 1.29 is 13.5 Å². The van der Waals surface area contributed by atoms with Crippen LogP contribution in [0, 0.1) is 0 Å². The highest BCUT2D eigenvalue weighted by Gasteiger charge is 2.35. The third-order valence-electron chi connectivity index (χ3n) is 5.12. The fraction of sp³-hybridized carbons (Fsp3) is 0.381. The van der Waals surface area contributed by atoms with E-state index in [-0.39, 0.29) is 25.9 Å². The molecule has 1 fully saturated rings. The zero-order chi connectivity index (χ0) is 20.6. The van der Waals surface area contributed by atoms with Gasteiger partial charge >= 0.3 is 0 Å². The molecule has 0 aliphatic carbocycles. The van der Waals surface area contributed by atoms with Crippen molar-refractivity contribution in [1.82, 2.24) is 9.97 Å². The first-order valence-electron chi connectivity index (χ1n) is 9.57. The molecule has 2 heterocycles. The number of hydrogen-bond acceptors (Lipinski definition) is 3. The lowest BCUT2D eigenvalue weighted by molar-refractivity contribution is -0.0220. The average Bonchev–Trinajstić information content (AvgIpc) is 3.07. The molecule has 0 atom stereocenters. The number of rotatable bonds is 5. The van der Waals surface area contributed by atoms with Crippen molar-refractivity contribution in [3.05, 3.63) is 51.8 Å². The van der Waals surface area contributed by atoms with E-state index in [1.807, 2.05) is 36.1 Å². The Hall–Kier alpha value is -2.05. The van der Waals surface area contributed by atoms with E-state index in [9.17, 15) is 8.78 Å². The molecule has 0 spiro atoms. The predicted molar refractivity (Wildman–Crippen MR) is 113 cm³/mol. The van der Waals surface area contributed by atoms with E-state index < -0.39 is 5.92 Å². The second-order valence-electron chi connectivity index (χ2n) is 7.20. The first-order chi connectivity index (χ1) is 13.9. The fourth-order valence-corrected chi connectivity index (χ4v) is 4.35. The third kappa shape index (κ3) is 4.28. The van der Waals surface area contributed by atoms with Gasteiger partial charge in [-0.2, -0.15) is 0 Å². The molecule has 8 heteroatoms. The summed E-state index contributed by atoms with van der Waals surface area (Å²) in [5, 5.41) is 0.843. The number of hydrogen-bond donors (Lipinski definition) is 1. The molecule has 1 aliphatic heterocycles. The van der Waals surface area contributed by atoms with Crippen molar-refractivity contribution in [3.8, 4) is 5.75 Å². The van der Waals surface area contributed by atoms with Crippen molar-refractivity contribution >= 4 is 39.9 Å². The number of nitrogens with zero attached hydrogens (tertiary/aromatic N) is 2. The Morgan fingerprint density at radius 2 is 1.86 bits per heavy atom. The maximum atomic E-state index is 13.5. The molecule has 0 saturated carbocycles. The summed E-state index contributed by atoms with van der Waals surface area (Å²) in [6.45, 7) is 3.00. The minimum Gasteiger partial charge on any atom is -0.494 e. The lowest BCUT2D eigenvalue weighted by Crippen LogP contribution is -2.39. The van der Waals surface area contributed by atoms with Crippen molar-refractivity contribution in [2.75, 3.05) is 24.6 Å². The van der Waals surface area contributed by atoms with Gasteiger partial charge in [0.2, 0.25) is 0 Å². The van der Waals surface area contributed by atoms with Crippen LogP contribution in [0.4, 0.5) is 14.5 Å². The maximum absolute atomic E-state index is 13.5. The smallest absolute Gasteiger partial charge is 0.251 e. The molecule has 1 aromatic heterocycles. The number of aromatic amines is 1. The predicted octanol–water partition coefficient (Wildman–Crippen LogP) is 6.09. The molecular weight excluding hydrogens is 419 g/mol. The molecule has 2 aromatic carbocycles. The van der Waals surface area contributed by atoms with E-state index >= 15 is 0 Å². The van der Waals surface area contributed by atoms with E-state index in [0.29, 0.717) is 39.8 Å². The summed E-state index contributed by atoms with van der Waals surface area (Å²) in [5.41, 5.74) is 3.00. The molecule has 0 amide bonds. The topological polar surface area (TPSA) is 41.1 Å². The summed E-state index contributed by atoms with van der Waals surface area (Å²) in [6.07, 6.45) is 0.188. The number of H-pyrrole nitrogens is 1. The first-order valence-corrected chi connectivity index (χ1v) is 10.3. The van der Waals surface area contributed by atoms with Crippen LogP contribution in [-0.4, -0.2) is 35.6 Å². The van der Waals surface area contributed by atoms with Gasteiger partial charge in [0.15, 0.2) is 0 Å². The zero-order valence-electron chi connectivity index (χ0n) is 15.9. The number of nitrogens with one attached hydrogen (secondary N) is 1. The molecule has 29 heavy (non-hydrogen) atoms. The summed E-state index contributed by atoms with van der Waals surface area (Å²) in [7, 11) is 0. The maximum Gasteiger partial charge on any atom is 0.251 e. The molecule has 4 nitrogen and oxygen atoms in total. The summed E-state index contributed by atoms with van der Waals surface area (Å²) in [6, 6.07) is 9.58. The van der Waals surface area contributed by atoms with Gasteiger partial charge in [0.05, 0.1) is 33.4 Å². The molecule has 0 radical (unpaired) electrons. The number of aromatic nitrogens is 2. The van der Waals surface area contributed by atoms with Crippen LogP contribution < -0.4 is 9.64 Å². The lowest BCUT2D eigenvalue weighted by Gasteiger charge is -2.34. The number of alkyl halides is 2. The number of anilines is 1. The van der Waals surface area contributed by atoms with E-state index in [2.05, 4.69) is 9.97 Å². The number of piperidine rings is 1. The van der Waals surface area contributed by atoms with E-state index in [0.717, 1.165) is 17.1 Å². The van der Waals surface area contributed by atoms with Gasteiger partial charge in [-0.3, -0.25) is 0 Å². The Labute approximate surface area is 177 Å². The van der Waals surface area contributed by atoms with Crippen LogP contribution in [0.15, 0.2) is 30.3 Å². The first kappa shape index (κ1) is 20.2. The van der Waals surface area contributed by atoms with Crippen LogP contribution in [0.3, 0.4) is 0 Å². The molecule has 1 saturated heterocycles. The van der Waals surface area contributed by atoms with Crippen LogP contribution in [0.25, 0.3) is 11.0 Å². The fourth-order valence-electron chi connectivity index (χ4n) is 3.62. The number of halogens is 4. The van der Waals surface area contributed by atoms with Gasteiger partial charge in [-0.05, 0) is 30.7 Å². The number of ether oxygens (including phenoxy) is 1. The van der Waals surface area contributed by atoms with Crippen LogP contribution in [0.1, 0.15) is 31.2 Å². The largest absolute Gasteiger partial charge is 0.494 e. The summed E-state index contributed by atoms with van der Waals surface area (Å²) >= 11 is 13.1. The monoisotopic (exact) mass is 439 g/mol. The molecule has 4 rings (SSSR count). The zero-order valence-corrected chi connectivity index (χ0v) is 17.5. The highest BCUT2D eigenvalue weighted by Crippen LogP contribution is 2.41. The van der Waals surface area contributed by atoms with Crippen LogP contribution in [0.5, 0.6) is 5.75 Å². The normalized spacial score (nSPS) is 16.4. The molecule has 0 unspecified atom stereocenters. The third-order valence-corrected chi connectivity index (χ3v) is 5.77. The van der Waals surface area contributed by atoms with E-state index in [1.165, 1.54) is 0 Å². The number of fused-ring (bicyclic) bond motifs is 1. The van der Waals surface area contributed by atoms with Gasteiger partial charge in [-0.15, -0.1) is 0 Å². The molecule has 154 valence electrons. The van der Waals surface area contributed by atoms with Gasteiger partial charge < -0.3 is 14.6 Å². The van der Waals surface area contributed by atoms with Crippen LogP contribution in [-0.2, 0) is 6.42 Å². The van der Waals surface area contributed by atoms with Crippen molar-refractivity contribution in [2.45, 2.75) is 32.1 Å². The SMILES string of the molecule is CCOc1ccc(Cc2nc3cc(Cl)c(N4CCC(F)(F)CC4)c(Cl)c3[nH]2)cc1. The quantitative estimate of drug-likeness (QED) is 0.522. The van der Waals surface area contributed by atoms with Crippen LogP contribution >= 0.6 is 23.2 Å². The minimum absolute atomic E-state index is 0.205. The Balaban J connectivity index is 1.60. The summed E-state index contributed by atoms with van der Waals surface area (Å²) in [4.78, 5) is 9.70. The Morgan fingerprint density at radius 3 is 2.52 bits per heavy atom. The number of imidazole rings is 1. The standard InChI is InChI=1S/C21H21Cl2F2N3O/c1-2-29-14-5-3-13(4-6-14)11-17-26-16-12-15(22)20(18(23)19(16)27-17)28-9-7-21(24,25)8-10-28/h3-6,12H,2,7-11H2,1H3,(H,26,27).